The molecule has 6 heteroatoms. The summed E-state index contributed by atoms with van der Waals surface area (Å²) < 4.78 is 5.36. The molecule has 0 aliphatic carbocycles. The van der Waals surface area contributed by atoms with Crippen molar-refractivity contribution in [2.24, 2.45) is 0 Å². The predicted octanol–water partition coefficient (Wildman–Crippen LogP) is 4.38. The molecule has 0 spiro atoms. The molecule has 1 atom stereocenters. The first-order valence-corrected chi connectivity index (χ1v) is 9.92. The maximum atomic E-state index is 6.36. The van der Waals surface area contributed by atoms with Crippen LogP contribution in [-0.2, 0) is 0 Å². The zero-order valence-corrected chi connectivity index (χ0v) is 17.6. The van der Waals surface area contributed by atoms with Crippen molar-refractivity contribution < 1.29 is 4.74 Å². The van der Waals surface area contributed by atoms with Crippen LogP contribution in [-0.4, -0.2) is 36.2 Å². The van der Waals surface area contributed by atoms with Crippen LogP contribution in [0.4, 0.5) is 5.82 Å². The molecule has 5 nitrogen and oxygen atoms in total. The van der Waals surface area contributed by atoms with E-state index in [1.165, 1.54) is 5.56 Å². The molecule has 1 saturated heterocycles. The van der Waals surface area contributed by atoms with Crippen molar-refractivity contribution in [3.63, 3.8) is 0 Å². The Bertz CT molecular complexity index is 760. The van der Waals surface area contributed by atoms with Crippen molar-refractivity contribution in [1.29, 1.82) is 0 Å². The molecular weight excluding hydrogens is 360 g/mol. The van der Waals surface area contributed by atoms with Gasteiger partial charge in [0.2, 0.25) is 0 Å². The van der Waals surface area contributed by atoms with Gasteiger partial charge in [0.1, 0.15) is 17.4 Å². The Kier molecular flexibility index (Phi) is 6.22. The van der Waals surface area contributed by atoms with E-state index in [4.69, 9.17) is 16.3 Å². The number of piperidine rings is 1. The molecule has 1 unspecified atom stereocenters. The summed E-state index contributed by atoms with van der Waals surface area (Å²) in [6.45, 7) is 10.2. The average Bonchev–Trinajstić information content (AvgIpc) is 2.61. The molecule has 146 valence electrons. The molecular formula is C21H29ClN4O. The van der Waals surface area contributed by atoms with Crippen LogP contribution < -0.4 is 15.0 Å². The van der Waals surface area contributed by atoms with E-state index < -0.39 is 0 Å². The molecule has 2 aromatic rings. The monoisotopic (exact) mass is 388 g/mol. The van der Waals surface area contributed by atoms with E-state index in [0.29, 0.717) is 11.1 Å². The number of halogens is 1. The fourth-order valence-corrected chi connectivity index (χ4v) is 4.20. The molecule has 1 N–H and O–H groups in total. The van der Waals surface area contributed by atoms with Crippen molar-refractivity contribution in [1.82, 2.24) is 15.3 Å². The number of methoxy groups -OCH3 is 1. The summed E-state index contributed by atoms with van der Waals surface area (Å²) >= 11 is 6.36. The van der Waals surface area contributed by atoms with Crippen LogP contribution in [0, 0.1) is 20.8 Å². The molecule has 1 aliphatic heterocycles. The van der Waals surface area contributed by atoms with Crippen molar-refractivity contribution in [2.45, 2.75) is 52.6 Å². The SMILES string of the molecule is COc1c(C)cc(C(C)NC2CCN(c3cc(C)nc(C)n3)CC2)cc1Cl. The first kappa shape index (κ1) is 19.9. The predicted molar refractivity (Wildman–Crippen MR) is 111 cm³/mol. The first-order valence-electron chi connectivity index (χ1n) is 9.54. The maximum Gasteiger partial charge on any atom is 0.140 e. The number of aromatic nitrogens is 2. The van der Waals surface area contributed by atoms with Crippen LogP contribution in [0.3, 0.4) is 0 Å². The molecule has 1 aromatic carbocycles. The Morgan fingerprint density at radius 3 is 2.44 bits per heavy atom. The van der Waals surface area contributed by atoms with Gasteiger partial charge in [0.25, 0.3) is 0 Å². The van der Waals surface area contributed by atoms with Gasteiger partial charge in [-0.25, -0.2) is 9.97 Å². The molecule has 0 bridgehead atoms. The van der Waals surface area contributed by atoms with E-state index in [1.807, 2.05) is 26.8 Å². The molecule has 0 radical (unpaired) electrons. The summed E-state index contributed by atoms with van der Waals surface area (Å²) in [5.74, 6) is 2.64. The molecule has 3 rings (SSSR count). The summed E-state index contributed by atoms with van der Waals surface area (Å²) in [5, 5.41) is 4.43. The minimum Gasteiger partial charge on any atom is -0.495 e. The molecule has 1 aromatic heterocycles. The lowest BCUT2D eigenvalue weighted by atomic mass is 10.00. The zero-order chi connectivity index (χ0) is 19.6. The lowest BCUT2D eigenvalue weighted by Crippen LogP contribution is -2.43. The topological polar surface area (TPSA) is 50.3 Å². The standard InChI is InChI=1S/C21H29ClN4O/c1-13-10-17(12-19(22)21(13)27-5)15(3)24-18-6-8-26(9-7-18)20-11-14(2)23-16(4)25-20/h10-12,15,18,24H,6-9H2,1-5H3. The van der Waals surface area contributed by atoms with Gasteiger partial charge in [0, 0.05) is 36.9 Å². The van der Waals surface area contributed by atoms with Gasteiger partial charge >= 0.3 is 0 Å². The number of anilines is 1. The number of ether oxygens (including phenoxy) is 1. The Balaban J connectivity index is 1.60. The number of hydrogen-bond acceptors (Lipinski definition) is 5. The minimum atomic E-state index is 0.243. The van der Waals surface area contributed by atoms with Gasteiger partial charge in [0.05, 0.1) is 12.1 Å². The maximum absolute atomic E-state index is 6.36. The smallest absolute Gasteiger partial charge is 0.140 e. The first-order chi connectivity index (χ1) is 12.9. The van der Waals surface area contributed by atoms with Crippen LogP contribution in [0.2, 0.25) is 5.02 Å². The van der Waals surface area contributed by atoms with Crippen LogP contribution in [0.1, 0.15) is 48.5 Å². The molecule has 0 amide bonds. The number of aryl methyl sites for hydroxylation is 3. The van der Waals surface area contributed by atoms with Gasteiger partial charge in [-0.2, -0.15) is 0 Å². The molecule has 2 heterocycles. The van der Waals surface area contributed by atoms with Crippen LogP contribution in [0.25, 0.3) is 0 Å². The number of benzene rings is 1. The van der Waals surface area contributed by atoms with Crippen LogP contribution >= 0.6 is 11.6 Å². The number of rotatable bonds is 5. The third-order valence-corrected chi connectivity index (χ3v) is 5.49. The highest BCUT2D eigenvalue weighted by Crippen LogP contribution is 2.32. The Morgan fingerprint density at radius 2 is 1.85 bits per heavy atom. The van der Waals surface area contributed by atoms with Crippen molar-refractivity contribution in [3.8, 4) is 5.75 Å². The largest absolute Gasteiger partial charge is 0.495 e. The Hall–Kier alpha value is -1.85. The van der Waals surface area contributed by atoms with Crippen molar-refractivity contribution >= 4 is 17.4 Å². The van der Waals surface area contributed by atoms with Gasteiger partial charge in [-0.3, -0.25) is 0 Å². The molecule has 0 saturated carbocycles. The van der Waals surface area contributed by atoms with Crippen LogP contribution in [0.5, 0.6) is 5.75 Å². The van der Waals surface area contributed by atoms with Crippen LogP contribution in [0.15, 0.2) is 18.2 Å². The summed E-state index contributed by atoms with van der Waals surface area (Å²) in [5.41, 5.74) is 3.29. The quantitative estimate of drug-likeness (QED) is 0.823. The summed E-state index contributed by atoms with van der Waals surface area (Å²) in [4.78, 5) is 11.3. The summed E-state index contributed by atoms with van der Waals surface area (Å²) in [6, 6.07) is 6.97. The second-order valence-corrected chi connectivity index (χ2v) is 7.82. The summed E-state index contributed by atoms with van der Waals surface area (Å²) in [6.07, 6.45) is 2.19. The second-order valence-electron chi connectivity index (χ2n) is 7.42. The normalized spacial score (nSPS) is 16.4. The Morgan fingerprint density at radius 1 is 1.15 bits per heavy atom. The average molecular weight is 389 g/mol. The lowest BCUT2D eigenvalue weighted by molar-refractivity contribution is 0.379. The highest BCUT2D eigenvalue weighted by Gasteiger charge is 2.22. The summed E-state index contributed by atoms with van der Waals surface area (Å²) in [7, 11) is 1.66. The zero-order valence-electron chi connectivity index (χ0n) is 16.8. The van der Waals surface area contributed by atoms with Gasteiger partial charge in [-0.1, -0.05) is 17.7 Å². The third-order valence-electron chi connectivity index (χ3n) is 5.21. The number of hydrogen-bond donors (Lipinski definition) is 1. The van der Waals surface area contributed by atoms with Gasteiger partial charge < -0.3 is 15.0 Å². The molecule has 27 heavy (non-hydrogen) atoms. The van der Waals surface area contributed by atoms with Crippen molar-refractivity contribution in [3.05, 3.63) is 45.9 Å². The van der Waals surface area contributed by atoms with E-state index >= 15 is 0 Å². The van der Waals surface area contributed by atoms with E-state index in [2.05, 4.69) is 39.2 Å². The Labute approximate surface area is 167 Å². The highest BCUT2D eigenvalue weighted by molar-refractivity contribution is 6.32. The number of nitrogens with zero attached hydrogens (tertiary/aromatic N) is 3. The minimum absolute atomic E-state index is 0.243. The third kappa shape index (κ3) is 4.71. The fourth-order valence-electron chi connectivity index (χ4n) is 3.85. The molecule has 1 aliphatic rings. The van der Waals surface area contributed by atoms with Crippen molar-refractivity contribution in [2.75, 3.05) is 25.1 Å². The van der Waals surface area contributed by atoms with E-state index in [-0.39, 0.29) is 6.04 Å². The van der Waals surface area contributed by atoms with Gasteiger partial charge in [0.15, 0.2) is 0 Å². The second kappa shape index (κ2) is 8.44. The van der Waals surface area contributed by atoms with Gasteiger partial charge in [-0.15, -0.1) is 0 Å². The molecule has 1 fully saturated rings. The van der Waals surface area contributed by atoms with E-state index in [0.717, 1.165) is 54.6 Å². The highest BCUT2D eigenvalue weighted by atomic mass is 35.5. The van der Waals surface area contributed by atoms with E-state index in [1.54, 1.807) is 7.11 Å². The van der Waals surface area contributed by atoms with Gasteiger partial charge in [-0.05, 0) is 57.7 Å². The fraction of sp³-hybridized carbons (Fsp3) is 0.524. The van der Waals surface area contributed by atoms with E-state index in [9.17, 15) is 0 Å². The number of nitrogens with one attached hydrogen (secondary N) is 1. The lowest BCUT2D eigenvalue weighted by Gasteiger charge is -2.35.